The molecule has 1 aliphatic rings. The molecule has 0 aromatic heterocycles. The van der Waals surface area contributed by atoms with Crippen LogP contribution >= 0.6 is 0 Å². The van der Waals surface area contributed by atoms with Crippen LogP contribution < -0.4 is 5.32 Å². The molecular weight excluding hydrogens is 246 g/mol. The lowest BCUT2D eigenvalue weighted by molar-refractivity contribution is 0.437. The lowest BCUT2D eigenvalue weighted by Gasteiger charge is -2.32. The lowest BCUT2D eigenvalue weighted by Crippen LogP contribution is -2.33. The molecule has 0 bridgehead atoms. The van der Waals surface area contributed by atoms with E-state index in [9.17, 15) is 8.42 Å². The maximum Gasteiger partial charge on any atom is 0.147 e. The first-order valence-electron chi connectivity index (χ1n) is 6.48. The number of sulfone groups is 1. The van der Waals surface area contributed by atoms with Crippen molar-refractivity contribution in [1.82, 2.24) is 0 Å². The fourth-order valence-electron chi connectivity index (χ4n) is 2.59. The van der Waals surface area contributed by atoms with Crippen LogP contribution in [-0.4, -0.2) is 26.5 Å². The second-order valence-corrected chi connectivity index (χ2v) is 7.62. The molecule has 0 fully saturated rings. The van der Waals surface area contributed by atoms with Crippen LogP contribution in [0.4, 0.5) is 5.69 Å². The first-order chi connectivity index (χ1) is 8.46. The first kappa shape index (κ1) is 13.4. The van der Waals surface area contributed by atoms with E-state index >= 15 is 0 Å². The molecule has 2 unspecified atom stereocenters. The maximum absolute atomic E-state index is 11.1. The Hall–Kier alpha value is -1.03. The standard InChI is InChI=1S/C14H21NO2S/c1-11-10-12-6-3-4-7-14(12)15-13(11)8-5-9-18(2,16)17/h3-4,6-7,11,13,15H,5,8-10H2,1-2H3. The molecule has 0 saturated heterocycles. The summed E-state index contributed by atoms with van der Waals surface area (Å²) in [5, 5.41) is 3.54. The van der Waals surface area contributed by atoms with Gasteiger partial charge in [0.1, 0.15) is 9.84 Å². The van der Waals surface area contributed by atoms with Crippen LogP contribution in [0, 0.1) is 5.92 Å². The Morgan fingerprint density at radius 3 is 2.78 bits per heavy atom. The Morgan fingerprint density at radius 1 is 1.33 bits per heavy atom. The molecule has 100 valence electrons. The summed E-state index contributed by atoms with van der Waals surface area (Å²) in [5.74, 6) is 0.846. The van der Waals surface area contributed by atoms with Gasteiger partial charge in [-0.3, -0.25) is 0 Å². The molecule has 1 aromatic carbocycles. The predicted molar refractivity (Wildman–Crippen MR) is 75.7 cm³/mol. The smallest absolute Gasteiger partial charge is 0.147 e. The van der Waals surface area contributed by atoms with E-state index in [4.69, 9.17) is 0 Å². The molecule has 1 aliphatic heterocycles. The van der Waals surface area contributed by atoms with E-state index < -0.39 is 9.84 Å². The van der Waals surface area contributed by atoms with Crippen molar-refractivity contribution in [2.75, 3.05) is 17.3 Å². The zero-order valence-electron chi connectivity index (χ0n) is 11.0. The van der Waals surface area contributed by atoms with Crippen LogP contribution in [0.5, 0.6) is 0 Å². The monoisotopic (exact) mass is 267 g/mol. The van der Waals surface area contributed by atoms with Crippen molar-refractivity contribution < 1.29 is 8.42 Å². The molecule has 2 rings (SSSR count). The molecular formula is C14H21NO2S. The van der Waals surface area contributed by atoms with Gasteiger partial charge in [0.05, 0.1) is 0 Å². The Bertz CT molecular complexity index is 510. The Balaban J connectivity index is 1.95. The van der Waals surface area contributed by atoms with Gasteiger partial charge >= 0.3 is 0 Å². The maximum atomic E-state index is 11.1. The van der Waals surface area contributed by atoms with Gasteiger partial charge in [-0.25, -0.2) is 8.42 Å². The second-order valence-electron chi connectivity index (χ2n) is 5.36. The van der Waals surface area contributed by atoms with Crippen LogP contribution in [0.25, 0.3) is 0 Å². The third-order valence-corrected chi connectivity index (χ3v) is 4.65. The number of hydrogen-bond acceptors (Lipinski definition) is 3. The highest BCUT2D eigenvalue weighted by Crippen LogP contribution is 2.29. The molecule has 0 amide bonds. The zero-order valence-corrected chi connectivity index (χ0v) is 11.8. The summed E-state index contributed by atoms with van der Waals surface area (Å²) in [6.07, 6.45) is 4.04. The molecule has 0 saturated carbocycles. The van der Waals surface area contributed by atoms with Crippen LogP contribution in [0.15, 0.2) is 24.3 Å². The lowest BCUT2D eigenvalue weighted by atomic mass is 9.86. The third-order valence-electron chi connectivity index (χ3n) is 3.62. The average molecular weight is 267 g/mol. The van der Waals surface area contributed by atoms with Crippen LogP contribution in [-0.2, 0) is 16.3 Å². The summed E-state index contributed by atoms with van der Waals surface area (Å²) in [6.45, 7) is 2.23. The second kappa shape index (κ2) is 5.31. The van der Waals surface area contributed by atoms with Gasteiger partial charge in [0.15, 0.2) is 0 Å². The highest BCUT2D eigenvalue weighted by atomic mass is 32.2. The zero-order chi connectivity index (χ0) is 13.2. The SMILES string of the molecule is CC1Cc2ccccc2NC1CCCS(C)(=O)=O. The average Bonchev–Trinajstić information content (AvgIpc) is 2.28. The molecule has 2 atom stereocenters. The van der Waals surface area contributed by atoms with E-state index in [1.165, 1.54) is 17.5 Å². The van der Waals surface area contributed by atoms with Crippen molar-refractivity contribution in [3.63, 3.8) is 0 Å². The normalized spacial score (nSPS) is 23.2. The number of para-hydroxylation sites is 1. The van der Waals surface area contributed by atoms with E-state index in [1.54, 1.807) is 0 Å². The Kier molecular flexibility index (Phi) is 3.95. The third kappa shape index (κ3) is 3.48. The van der Waals surface area contributed by atoms with Gasteiger partial charge in [-0.2, -0.15) is 0 Å². The van der Waals surface area contributed by atoms with Gasteiger partial charge in [-0.05, 0) is 36.8 Å². The minimum atomic E-state index is -2.83. The first-order valence-corrected chi connectivity index (χ1v) is 8.54. The Labute approximate surface area is 110 Å². The van der Waals surface area contributed by atoms with Gasteiger partial charge in [-0.15, -0.1) is 0 Å². The summed E-state index contributed by atoms with van der Waals surface area (Å²) < 4.78 is 22.3. The van der Waals surface area contributed by atoms with E-state index in [1.807, 2.05) is 6.07 Å². The Morgan fingerprint density at radius 2 is 2.06 bits per heavy atom. The minimum Gasteiger partial charge on any atom is -0.382 e. The summed E-state index contributed by atoms with van der Waals surface area (Å²) in [6, 6.07) is 8.75. The molecule has 1 aromatic rings. The molecule has 1 heterocycles. The van der Waals surface area contributed by atoms with Gasteiger partial charge in [0.2, 0.25) is 0 Å². The fourth-order valence-corrected chi connectivity index (χ4v) is 3.28. The number of fused-ring (bicyclic) bond motifs is 1. The summed E-state index contributed by atoms with van der Waals surface area (Å²) in [7, 11) is -2.83. The van der Waals surface area contributed by atoms with E-state index in [0.717, 1.165) is 19.3 Å². The van der Waals surface area contributed by atoms with Crippen LogP contribution in [0.2, 0.25) is 0 Å². The van der Waals surface area contributed by atoms with Crippen molar-refractivity contribution in [3.05, 3.63) is 29.8 Å². The number of benzene rings is 1. The van der Waals surface area contributed by atoms with E-state index in [0.29, 0.717) is 17.7 Å². The molecule has 0 aliphatic carbocycles. The number of anilines is 1. The van der Waals surface area contributed by atoms with Crippen molar-refractivity contribution in [3.8, 4) is 0 Å². The number of nitrogens with one attached hydrogen (secondary N) is 1. The predicted octanol–water partition coefficient (Wildman–Crippen LogP) is 2.48. The number of hydrogen-bond donors (Lipinski definition) is 1. The van der Waals surface area contributed by atoms with Crippen molar-refractivity contribution >= 4 is 15.5 Å². The highest BCUT2D eigenvalue weighted by molar-refractivity contribution is 7.90. The van der Waals surface area contributed by atoms with Crippen LogP contribution in [0.1, 0.15) is 25.3 Å². The summed E-state index contributed by atoms with van der Waals surface area (Å²) in [5.41, 5.74) is 2.57. The molecule has 3 nitrogen and oxygen atoms in total. The fraction of sp³-hybridized carbons (Fsp3) is 0.571. The topological polar surface area (TPSA) is 46.2 Å². The van der Waals surface area contributed by atoms with Crippen molar-refractivity contribution in [2.45, 2.75) is 32.2 Å². The largest absolute Gasteiger partial charge is 0.382 e. The highest BCUT2D eigenvalue weighted by Gasteiger charge is 2.24. The quantitative estimate of drug-likeness (QED) is 0.911. The van der Waals surface area contributed by atoms with Crippen molar-refractivity contribution in [1.29, 1.82) is 0 Å². The van der Waals surface area contributed by atoms with Gasteiger partial charge in [0.25, 0.3) is 0 Å². The molecule has 0 spiro atoms. The molecule has 0 radical (unpaired) electrons. The molecule has 1 N–H and O–H groups in total. The molecule has 4 heteroatoms. The number of rotatable bonds is 4. The minimum absolute atomic E-state index is 0.291. The summed E-state index contributed by atoms with van der Waals surface area (Å²) >= 11 is 0. The van der Waals surface area contributed by atoms with Crippen molar-refractivity contribution in [2.24, 2.45) is 5.92 Å². The van der Waals surface area contributed by atoms with Gasteiger partial charge in [-0.1, -0.05) is 25.1 Å². The molecule has 18 heavy (non-hydrogen) atoms. The summed E-state index contributed by atoms with van der Waals surface area (Å²) in [4.78, 5) is 0. The van der Waals surface area contributed by atoms with E-state index in [-0.39, 0.29) is 0 Å². The van der Waals surface area contributed by atoms with E-state index in [2.05, 4.69) is 30.4 Å². The van der Waals surface area contributed by atoms with Gasteiger partial charge in [0, 0.05) is 23.7 Å². The van der Waals surface area contributed by atoms with Crippen LogP contribution in [0.3, 0.4) is 0 Å². The van der Waals surface area contributed by atoms with Gasteiger partial charge < -0.3 is 5.32 Å².